The average molecular weight is 530 g/mol. The van der Waals surface area contributed by atoms with E-state index in [2.05, 4.69) is 31.0 Å². The minimum Gasteiger partial charge on any atom is -0.350 e. The third-order valence-electron chi connectivity index (χ3n) is 8.13. The molecule has 3 atom stereocenters. The number of nitrogens with zero attached hydrogens (tertiary/aromatic N) is 2. The van der Waals surface area contributed by atoms with Crippen LogP contribution >= 0.6 is 0 Å². The van der Waals surface area contributed by atoms with Gasteiger partial charge in [-0.05, 0) is 81.3 Å². The van der Waals surface area contributed by atoms with Crippen LogP contribution in [-0.2, 0) is 9.59 Å². The molecular weight excluding hydrogens is 491 g/mol. The summed E-state index contributed by atoms with van der Waals surface area (Å²) in [6.07, 6.45) is 1.42. The molecule has 0 aliphatic carbocycles. The highest BCUT2D eigenvalue weighted by Gasteiger charge is 2.44. The molecule has 206 valence electrons. The maximum Gasteiger partial charge on any atom is 0.227 e. The Kier molecular flexibility index (Phi) is 8.21. The molecule has 2 amide bonds. The minimum atomic E-state index is -0.630. The van der Waals surface area contributed by atoms with E-state index in [4.69, 9.17) is 0 Å². The highest BCUT2D eigenvalue weighted by Crippen LogP contribution is 2.40. The molecule has 0 aromatic heterocycles. The van der Waals surface area contributed by atoms with Crippen LogP contribution in [0.1, 0.15) is 82.0 Å². The van der Waals surface area contributed by atoms with E-state index in [1.165, 1.54) is 31.2 Å². The zero-order valence-corrected chi connectivity index (χ0v) is 22.9. The second-order valence-electron chi connectivity index (χ2n) is 11.7. The topological polar surface area (TPSA) is 52.7 Å². The fraction of sp³-hybridized carbons (Fsp3) is 0.533. The molecule has 2 aliphatic rings. The number of hydrogen-bond donors (Lipinski definition) is 1. The molecule has 0 bridgehead atoms. The number of benzene rings is 2. The Hall–Kier alpha value is -2.87. The minimum absolute atomic E-state index is 0.00475. The quantitative estimate of drug-likeness (QED) is 0.555. The van der Waals surface area contributed by atoms with Crippen LogP contribution in [0.3, 0.4) is 0 Å². The van der Waals surface area contributed by atoms with Crippen LogP contribution in [0, 0.1) is 23.4 Å². The number of likely N-dealkylation sites (tertiary alicyclic amines) is 2. The van der Waals surface area contributed by atoms with Crippen LogP contribution < -0.4 is 5.32 Å². The van der Waals surface area contributed by atoms with E-state index >= 15 is 0 Å². The fourth-order valence-electron chi connectivity index (χ4n) is 6.04. The third-order valence-corrected chi connectivity index (χ3v) is 8.13. The van der Waals surface area contributed by atoms with Gasteiger partial charge in [-0.3, -0.25) is 14.5 Å². The predicted molar refractivity (Wildman–Crippen MR) is 141 cm³/mol. The average Bonchev–Trinajstić information content (AvgIpc) is 3.29. The van der Waals surface area contributed by atoms with Crippen LogP contribution in [0.25, 0.3) is 0 Å². The molecule has 2 heterocycles. The van der Waals surface area contributed by atoms with Gasteiger partial charge in [-0.2, -0.15) is 0 Å². The molecule has 2 aromatic rings. The number of hydrogen-bond acceptors (Lipinski definition) is 3. The van der Waals surface area contributed by atoms with Gasteiger partial charge in [0, 0.05) is 50.6 Å². The molecule has 8 heteroatoms. The second kappa shape index (κ2) is 11.1. The van der Waals surface area contributed by atoms with Crippen molar-refractivity contribution in [2.24, 2.45) is 5.92 Å². The molecular formula is C30H38F3N3O2. The molecule has 2 aromatic carbocycles. The molecule has 4 rings (SSSR count). The smallest absolute Gasteiger partial charge is 0.227 e. The predicted octanol–water partition coefficient (Wildman–Crippen LogP) is 5.52. The Labute approximate surface area is 223 Å². The van der Waals surface area contributed by atoms with Crippen molar-refractivity contribution in [3.8, 4) is 0 Å². The highest BCUT2D eigenvalue weighted by atomic mass is 19.1. The van der Waals surface area contributed by atoms with E-state index in [0.717, 1.165) is 17.2 Å². The Balaban J connectivity index is 1.51. The van der Waals surface area contributed by atoms with E-state index in [-0.39, 0.29) is 41.0 Å². The fourth-order valence-corrected chi connectivity index (χ4v) is 6.04. The number of halogens is 3. The number of nitrogens with one attached hydrogen (secondary N) is 1. The molecule has 1 N–H and O–H groups in total. The van der Waals surface area contributed by atoms with Crippen LogP contribution in [0.5, 0.6) is 0 Å². The van der Waals surface area contributed by atoms with Crippen molar-refractivity contribution in [2.45, 2.75) is 70.9 Å². The van der Waals surface area contributed by atoms with Crippen molar-refractivity contribution in [2.75, 3.05) is 26.2 Å². The molecule has 0 radical (unpaired) electrons. The van der Waals surface area contributed by atoms with Crippen LogP contribution in [0.15, 0.2) is 36.4 Å². The number of carbonyl (C=O) groups excluding carboxylic acids is 2. The van der Waals surface area contributed by atoms with Crippen molar-refractivity contribution in [3.05, 3.63) is 70.5 Å². The summed E-state index contributed by atoms with van der Waals surface area (Å²) in [5, 5.41) is 2.85. The summed E-state index contributed by atoms with van der Waals surface area (Å²) in [6.45, 7) is 11.6. The van der Waals surface area contributed by atoms with Crippen LogP contribution in [0.4, 0.5) is 13.2 Å². The molecule has 38 heavy (non-hydrogen) atoms. The monoisotopic (exact) mass is 529 g/mol. The first-order chi connectivity index (χ1) is 17.8. The van der Waals surface area contributed by atoms with Gasteiger partial charge in [0.05, 0.1) is 12.0 Å². The van der Waals surface area contributed by atoms with Gasteiger partial charge in [0.2, 0.25) is 11.8 Å². The normalized spacial score (nSPS) is 21.9. The summed E-state index contributed by atoms with van der Waals surface area (Å²) in [6, 6.07) is 8.01. The molecule has 2 aliphatic heterocycles. The number of rotatable bonds is 5. The summed E-state index contributed by atoms with van der Waals surface area (Å²) >= 11 is 0. The van der Waals surface area contributed by atoms with Gasteiger partial charge in [-0.1, -0.05) is 12.1 Å². The Morgan fingerprint density at radius 3 is 2.13 bits per heavy atom. The summed E-state index contributed by atoms with van der Waals surface area (Å²) in [7, 11) is 0. The van der Waals surface area contributed by atoms with Crippen molar-refractivity contribution in [1.29, 1.82) is 0 Å². The van der Waals surface area contributed by atoms with Crippen LogP contribution in [-0.4, -0.2) is 53.3 Å². The molecule has 2 saturated heterocycles. The zero-order valence-electron chi connectivity index (χ0n) is 22.9. The summed E-state index contributed by atoms with van der Waals surface area (Å²) < 4.78 is 42.5. The molecule has 1 unspecified atom stereocenters. The van der Waals surface area contributed by atoms with E-state index in [9.17, 15) is 22.8 Å². The van der Waals surface area contributed by atoms with E-state index in [1.54, 1.807) is 6.07 Å². The van der Waals surface area contributed by atoms with E-state index < -0.39 is 17.6 Å². The lowest BCUT2D eigenvalue weighted by molar-refractivity contribution is -0.136. The Morgan fingerprint density at radius 1 is 0.947 bits per heavy atom. The maximum atomic E-state index is 14.8. The number of amides is 2. The highest BCUT2D eigenvalue weighted by molar-refractivity contribution is 5.81. The molecule has 0 saturated carbocycles. The van der Waals surface area contributed by atoms with Gasteiger partial charge in [-0.25, -0.2) is 13.2 Å². The van der Waals surface area contributed by atoms with Gasteiger partial charge in [-0.15, -0.1) is 0 Å². The largest absolute Gasteiger partial charge is 0.350 e. The SMILES string of the molecule is CC(=O)NC(C)c1cc(F)ccc1C1CCN(C(=O)[C@@H]2CN(C(C)(C)C)C[C@H]2c2ccc(F)cc2F)CC1. The standard InChI is InChI=1S/C30H38F3N3O2/c1-18(34-19(2)37)25-14-21(31)6-8-23(25)20-10-12-35(13-11-20)29(38)27-17-36(30(3,4)5)16-26(27)24-9-7-22(32)15-28(24)33/h6-9,14-15,18,20,26-27H,10-13,16-17H2,1-5H3,(H,34,37)/t18?,26-,27+/m0/s1. The lowest BCUT2D eigenvalue weighted by atomic mass is 9.83. The van der Waals surface area contributed by atoms with Gasteiger partial charge < -0.3 is 10.2 Å². The molecule has 0 spiro atoms. The second-order valence-corrected chi connectivity index (χ2v) is 11.7. The molecule has 2 fully saturated rings. The van der Waals surface area contributed by atoms with Crippen molar-refractivity contribution in [3.63, 3.8) is 0 Å². The van der Waals surface area contributed by atoms with E-state index in [1.807, 2.05) is 11.8 Å². The van der Waals surface area contributed by atoms with Crippen molar-refractivity contribution < 1.29 is 22.8 Å². The lowest BCUT2D eigenvalue weighted by Gasteiger charge is -2.36. The third kappa shape index (κ3) is 6.06. The summed E-state index contributed by atoms with van der Waals surface area (Å²) in [5.74, 6) is -2.43. The van der Waals surface area contributed by atoms with Crippen LogP contribution in [0.2, 0.25) is 0 Å². The summed E-state index contributed by atoms with van der Waals surface area (Å²) in [5.41, 5.74) is 1.94. The van der Waals surface area contributed by atoms with E-state index in [0.29, 0.717) is 44.6 Å². The number of piperidine rings is 1. The zero-order chi connectivity index (χ0) is 27.8. The van der Waals surface area contributed by atoms with Crippen molar-refractivity contribution in [1.82, 2.24) is 15.1 Å². The lowest BCUT2D eigenvalue weighted by Crippen LogP contribution is -2.44. The van der Waals surface area contributed by atoms with Gasteiger partial charge in [0.15, 0.2) is 0 Å². The maximum absolute atomic E-state index is 14.8. The Morgan fingerprint density at radius 2 is 1.55 bits per heavy atom. The summed E-state index contributed by atoms with van der Waals surface area (Å²) in [4.78, 5) is 29.5. The first kappa shape index (κ1) is 28.1. The van der Waals surface area contributed by atoms with Gasteiger partial charge in [0.1, 0.15) is 17.5 Å². The Bertz CT molecular complexity index is 1190. The molecule has 5 nitrogen and oxygen atoms in total. The first-order valence-corrected chi connectivity index (χ1v) is 13.4. The van der Waals surface area contributed by atoms with Crippen molar-refractivity contribution >= 4 is 11.8 Å². The van der Waals surface area contributed by atoms with Gasteiger partial charge in [0.25, 0.3) is 0 Å². The van der Waals surface area contributed by atoms with Gasteiger partial charge >= 0.3 is 0 Å². The number of carbonyl (C=O) groups is 2. The first-order valence-electron chi connectivity index (χ1n) is 13.4.